The zero-order chi connectivity index (χ0) is 15.5. The topological polar surface area (TPSA) is 43.8 Å². The molecule has 0 aromatic heterocycles. The largest absolute Gasteiger partial charge is 0.390 e. The Hall–Kier alpha value is -1.39. The van der Waals surface area contributed by atoms with Gasteiger partial charge in [0.1, 0.15) is 0 Å². The molecule has 4 heteroatoms. The van der Waals surface area contributed by atoms with Crippen molar-refractivity contribution < 1.29 is 9.90 Å². The highest BCUT2D eigenvalue weighted by Crippen LogP contribution is 2.27. The van der Waals surface area contributed by atoms with E-state index in [2.05, 4.69) is 4.90 Å². The average molecular weight is 302 g/mol. The van der Waals surface area contributed by atoms with E-state index in [1.807, 2.05) is 37.4 Å². The Bertz CT molecular complexity index is 499. The molecule has 0 unspecified atom stereocenters. The number of aliphatic hydroxyl groups is 1. The second-order valence-electron chi connectivity index (χ2n) is 6.66. The molecule has 0 radical (unpaired) electrons. The lowest BCUT2D eigenvalue weighted by Crippen LogP contribution is -2.44. The zero-order valence-corrected chi connectivity index (χ0v) is 13.3. The summed E-state index contributed by atoms with van der Waals surface area (Å²) in [4.78, 5) is 16.7. The van der Waals surface area contributed by atoms with Crippen LogP contribution in [0.15, 0.2) is 30.3 Å². The van der Waals surface area contributed by atoms with E-state index in [0.717, 1.165) is 6.54 Å². The Labute approximate surface area is 132 Å². The molecule has 2 fully saturated rings. The Morgan fingerprint density at radius 2 is 1.82 bits per heavy atom. The predicted octanol–water partition coefficient (Wildman–Crippen LogP) is 2.14. The van der Waals surface area contributed by atoms with E-state index >= 15 is 0 Å². The normalized spacial score (nSPS) is 27.0. The molecular weight excluding hydrogens is 276 g/mol. The molecule has 120 valence electrons. The van der Waals surface area contributed by atoms with Crippen LogP contribution in [0, 0.1) is 0 Å². The molecule has 1 saturated carbocycles. The predicted molar refractivity (Wildman–Crippen MR) is 86.8 cm³/mol. The highest BCUT2D eigenvalue weighted by atomic mass is 16.3. The number of nitrogens with zero attached hydrogens (tertiary/aromatic N) is 2. The molecule has 1 aliphatic carbocycles. The monoisotopic (exact) mass is 302 g/mol. The van der Waals surface area contributed by atoms with Crippen molar-refractivity contribution in [3.63, 3.8) is 0 Å². The molecule has 1 saturated heterocycles. The van der Waals surface area contributed by atoms with Crippen LogP contribution in [0.3, 0.4) is 0 Å². The van der Waals surface area contributed by atoms with E-state index in [4.69, 9.17) is 0 Å². The maximum Gasteiger partial charge on any atom is 0.253 e. The van der Waals surface area contributed by atoms with Gasteiger partial charge in [-0.1, -0.05) is 37.5 Å². The van der Waals surface area contributed by atoms with Crippen molar-refractivity contribution in [1.29, 1.82) is 0 Å². The Kier molecular flexibility index (Phi) is 4.79. The van der Waals surface area contributed by atoms with Crippen molar-refractivity contribution in [2.75, 3.05) is 20.1 Å². The first-order chi connectivity index (χ1) is 10.7. The van der Waals surface area contributed by atoms with Gasteiger partial charge in [-0.15, -0.1) is 0 Å². The molecule has 2 atom stereocenters. The zero-order valence-electron chi connectivity index (χ0n) is 13.3. The molecule has 1 heterocycles. The van der Waals surface area contributed by atoms with Gasteiger partial charge in [-0.05, 0) is 25.0 Å². The summed E-state index contributed by atoms with van der Waals surface area (Å²) in [6.07, 6.45) is 5.94. The summed E-state index contributed by atoms with van der Waals surface area (Å²) >= 11 is 0. The molecule has 1 amide bonds. The third-order valence-electron chi connectivity index (χ3n) is 5.22. The number of likely N-dealkylation sites (tertiary alicyclic amines) is 1. The fourth-order valence-corrected chi connectivity index (χ4v) is 3.86. The first-order valence-electron chi connectivity index (χ1n) is 8.41. The van der Waals surface area contributed by atoms with Gasteiger partial charge in [0.15, 0.2) is 0 Å². The smallest absolute Gasteiger partial charge is 0.253 e. The van der Waals surface area contributed by atoms with Crippen LogP contribution in [-0.2, 0) is 0 Å². The maximum atomic E-state index is 12.6. The molecule has 4 nitrogen and oxygen atoms in total. The Morgan fingerprint density at radius 1 is 1.14 bits per heavy atom. The molecule has 2 aliphatic rings. The number of amides is 1. The van der Waals surface area contributed by atoms with Gasteiger partial charge >= 0.3 is 0 Å². The van der Waals surface area contributed by atoms with Crippen LogP contribution in [0.4, 0.5) is 0 Å². The van der Waals surface area contributed by atoms with Crippen LogP contribution in [0.2, 0.25) is 0 Å². The van der Waals surface area contributed by atoms with E-state index < -0.39 is 6.10 Å². The number of carbonyl (C=O) groups excluding carboxylic acids is 1. The van der Waals surface area contributed by atoms with Crippen LogP contribution in [0.25, 0.3) is 0 Å². The number of likely N-dealkylation sites (N-methyl/N-ethyl adjacent to an activating group) is 1. The summed E-state index contributed by atoms with van der Waals surface area (Å²) in [5.74, 6) is -0.00450. The van der Waals surface area contributed by atoms with Gasteiger partial charge in [0.2, 0.25) is 0 Å². The Balaban J connectivity index is 1.65. The fourth-order valence-electron chi connectivity index (χ4n) is 3.86. The SMILES string of the molecule is CN(C(=O)c1ccccc1)[C@H]1CN(C2CCCCC2)C[C@@H]1O. The summed E-state index contributed by atoms with van der Waals surface area (Å²) in [5, 5.41) is 10.4. The van der Waals surface area contributed by atoms with Crippen molar-refractivity contribution in [2.45, 2.75) is 50.3 Å². The highest BCUT2D eigenvalue weighted by molar-refractivity contribution is 5.94. The van der Waals surface area contributed by atoms with Gasteiger partial charge in [0, 0.05) is 31.7 Å². The van der Waals surface area contributed by atoms with Crippen molar-refractivity contribution in [3.8, 4) is 0 Å². The van der Waals surface area contributed by atoms with Crippen LogP contribution in [0.1, 0.15) is 42.5 Å². The molecule has 0 spiro atoms. The second kappa shape index (κ2) is 6.80. The van der Waals surface area contributed by atoms with Crippen molar-refractivity contribution in [2.24, 2.45) is 0 Å². The van der Waals surface area contributed by atoms with E-state index in [1.54, 1.807) is 4.90 Å². The van der Waals surface area contributed by atoms with Gasteiger partial charge in [-0.3, -0.25) is 9.69 Å². The first-order valence-corrected chi connectivity index (χ1v) is 8.41. The summed E-state index contributed by atoms with van der Waals surface area (Å²) in [5.41, 5.74) is 0.688. The van der Waals surface area contributed by atoms with E-state index in [1.165, 1.54) is 32.1 Å². The van der Waals surface area contributed by atoms with Crippen LogP contribution in [0.5, 0.6) is 0 Å². The summed E-state index contributed by atoms with van der Waals surface area (Å²) in [7, 11) is 1.81. The van der Waals surface area contributed by atoms with Crippen LogP contribution < -0.4 is 0 Å². The maximum absolute atomic E-state index is 12.6. The van der Waals surface area contributed by atoms with Gasteiger partial charge in [0.05, 0.1) is 12.1 Å². The molecule has 1 aromatic carbocycles. The van der Waals surface area contributed by atoms with Gasteiger partial charge in [0.25, 0.3) is 5.91 Å². The van der Waals surface area contributed by atoms with Gasteiger partial charge in [-0.2, -0.15) is 0 Å². The van der Waals surface area contributed by atoms with Gasteiger partial charge < -0.3 is 10.0 Å². The molecule has 1 aliphatic heterocycles. The van der Waals surface area contributed by atoms with E-state index in [0.29, 0.717) is 18.2 Å². The number of hydrogen-bond acceptors (Lipinski definition) is 3. The summed E-state index contributed by atoms with van der Waals surface area (Å²) in [6.45, 7) is 1.49. The Morgan fingerprint density at radius 3 is 2.50 bits per heavy atom. The number of carbonyl (C=O) groups is 1. The highest BCUT2D eigenvalue weighted by Gasteiger charge is 2.39. The average Bonchev–Trinajstić information content (AvgIpc) is 2.97. The third-order valence-corrected chi connectivity index (χ3v) is 5.22. The number of β-amino-alcohol motifs (C(OH)–C–C–N with tert-alkyl or cyclic N) is 1. The van der Waals surface area contributed by atoms with Gasteiger partial charge in [-0.25, -0.2) is 0 Å². The minimum Gasteiger partial charge on any atom is -0.390 e. The lowest BCUT2D eigenvalue weighted by molar-refractivity contribution is 0.0581. The number of rotatable bonds is 3. The molecule has 3 rings (SSSR count). The van der Waals surface area contributed by atoms with Crippen LogP contribution in [-0.4, -0.2) is 59.1 Å². The van der Waals surface area contributed by atoms with Crippen molar-refractivity contribution in [3.05, 3.63) is 35.9 Å². The first kappa shape index (κ1) is 15.5. The quantitative estimate of drug-likeness (QED) is 0.930. The minimum atomic E-state index is -0.445. The molecule has 1 N–H and O–H groups in total. The number of hydrogen-bond donors (Lipinski definition) is 1. The second-order valence-corrected chi connectivity index (χ2v) is 6.66. The third kappa shape index (κ3) is 3.18. The van der Waals surface area contributed by atoms with Crippen molar-refractivity contribution in [1.82, 2.24) is 9.80 Å². The molecule has 22 heavy (non-hydrogen) atoms. The molecule has 1 aromatic rings. The number of benzene rings is 1. The summed E-state index contributed by atoms with van der Waals surface area (Å²) < 4.78 is 0. The van der Waals surface area contributed by atoms with E-state index in [9.17, 15) is 9.90 Å². The van der Waals surface area contributed by atoms with Crippen LogP contribution >= 0.6 is 0 Å². The fraction of sp³-hybridized carbons (Fsp3) is 0.611. The van der Waals surface area contributed by atoms with Crippen molar-refractivity contribution >= 4 is 5.91 Å². The lowest BCUT2D eigenvalue weighted by atomic mass is 9.94. The minimum absolute atomic E-state index is 0.00450. The lowest BCUT2D eigenvalue weighted by Gasteiger charge is -2.31. The van der Waals surface area contributed by atoms with E-state index in [-0.39, 0.29) is 11.9 Å². The standard InChI is InChI=1S/C18H26N2O2/c1-19(18(22)14-8-4-2-5-9-14)16-12-20(13-17(16)21)15-10-6-3-7-11-15/h2,4-5,8-9,15-17,21H,3,6-7,10-13H2,1H3/t16-,17-/m0/s1. The molecule has 0 bridgehead atoms. The molecular formula is C18H26N2O2. The summed E-state index contributed by atoms with van der Waals surface area (Å²) in [6, 6.07) is 9.81. The number of aliphatic hydroxyl groups excluding tert-OH is 1.